The molecule has 3 rings (SSSR count). The predicted molar refractivity (Wildman–Crippen MR) is 60.5 cm³/mol. The summed E-state index contributed by atoms with van der Waals surface area (Å²) in [5.41, 5.74) is 0.724. The largest absolute Gasteiger partial charge is 0.380 e. The highest BCUT2D eigenvalue weighted by molar-refractivity contribution is 8.00. The van der Waals surface area contributed by atoms with Crippen molar-refractivity contribution in [3.8, 4) is 0 Å². The van der Waals surface area contributed by atoms with Crippen LogP contribution in [0.3, 0.4) is 0 Å². The maximum atomic E-state index is 11.3. The van der Waals surface area contributed by atoms with Gasteiger partial charge < -0.3 is 15.2 Å². The average Bonchev–Trinajstić information content (AvgIpc) is 2.25. The summed E-state index contributed by atoms with van der Waals surface area (Å²) in [5, 5.41) is 12.9. The Morgan fingerprint density at radius 2 is 2.25 bits per heavy atom. The summed E-state index contributed by atoms with van der Waals surface area (Å²) in [6.07, 6.45) is 0. The van der Waals surface area contributed by atoms with Crippen LogP contribution >= 0.6 is 11.8 Å². The summed E-state index contributed by atoms with van der Waals surface area (Å²) in [5.74, 6) is 0.464. The number of hydrogen-bond acceptors (Lipinski definition) is 4. The summed E-state index contributed by atoms with van der Waals surface area (Å²) < 4.78 is 5.01. The Balaban J connectivity index is 1.98. The summed E-state index contributed by atoms with van der Waals surface area (Å²) in [6.45, 7) is 0.653. The van der Waals surface area contributed by atoms with E-state index < -0.39 is 5.60 Å². The van der Waals surface area contributed by atoms with Crippen molar-refractivity contribution in [1.82, 2.24) is 0 Å². The molecule has 0 unspecified atom stereocenters. The van der Waals surface area contributed by atoms with Gasteiger partial charge in [0.15, 0.2) is 0 Å². The molecular weight excluding hydrogens is 226 g/mol. The minimum Gasteiger partial charge on any atom is -0.380 e. The van der Waals surface area contributed by atoms with Crippen molar-refractivity contribution in [2.24, 2.45) is 0 Å². The number of aliphatic hydroxyl groups is 1. The van der Waals surface area contributed by atoms with E-state index in [0.29, 0.717) is 19.0 Å². The van der Waals surface area contributed by atoms with E-state index in [0.717, 1.165) is 16.1 Å². The SMILES string of the molecule is O=C1CSc2ccc(C3(O)COC3)cc2N1. The molecule has 2 aliphatic heterocycles. The molecule has 4 nitrogen and oxygen atoms in total. The van der Waals surface area contributed by atoms with Crippen molar-refractivity contribution in [3.05, 3.63) is 23.8 Å². The van der Waals surface area contributed by atoms with E-state index in [-0.39, 0.29) is 5.91 Å². The van der Waals surface area contributed by atoms with Crippen LogP contribution in [-0.4, -0.2) is 30.0 Å². The molecule has 0 bridgehead atoms. The summed E-state index contributed by atoms with van der Waals surface area (Å²) >= 11 is 1.52. The Kier molecular flexibility index (Phi) is 2.20. The monoisotopic (exact) mass is 237 g/mol. The Labute approximate surface area is 97.0 Å². The van der Waals surface area contributed by atoms with Crippen LogP contribution in [0, 0.1) is 0 Å². The number of hydrogen-bond donors (Lipinski definition) is 2. The Bertz CT molecular complexity index is 457. The smallest absolute Gasteiger partial charge is 0.234 e. The molecule has 0 radical (unpaired) electrons. The van der Waals surface area contributed by atoms with Gasteiger partial charge in [0.05, 0.1) is 24.7 Å². The van der Waals surface area contributed by atoms with E-state index in [1.807, 2.05) is 18.2 Å². The fourth-order valence-electron chi connectivity index (χ4n) is 1.83. The highest BCUT2D eigenvalue weighted by Gasteiger charge is 2.38. The topological polar surface area (TPSA) is 58.6 Å². The molecule has 1 aromatic carbocycles. The molecule has 5 heteroatoms. The van der Waals surface area contributed by atoms with Gasteiger partial charge in [-0.2, -0.15) is 0 Å². The molecule has 84 valence electrons. The molecule has 0 spiro atoms. The molecular formula is C11H11NO3S. The van der Waals surface area contributed by atoms with Gasteiger partial charge in [0.25, 0.3) is 0 Å². The van der Waals surface area contributed by atoms with Gasteiger partial charge in [-0.15, -0.1) is 11.8 Å². The van der Waals surface area contributed by atoms with Crippen LogP contribution < -0.4 is 5.32 Å². The third-order valence-electron chi connectivity index (χ3n) is 2.83. The van der Waals surface area contributed by atoms with Gasteiger partial charge in [-0.25, -0.2) is 0 Å². The molecule has 2 heterocycles. The van der Waals surface area contributed by atoms with Gasteiger partial charge in [0.1, 0.15) is 5.60 Å². The fourth-order valence-corrected chi connectivity index (χ4v) is 2.62. The first-order chi connectivity index (χ1) is 7.67. The predicted octanol–water partition coefficient (Wildman–Crippen LogP) is 0.949. The van der Waals surface area contributed by atoms with E-state index >= 15 is 0 Å². The van der Waals surface area contributed by atoms with Crippen LogP contribution in [0.1, 0.15) is 5.56 Å². The molecule has 0 aliphatic carbocycles. The number of carbonyl (C=O) groups is 1. The quantitative estimate of drug-likeness (QED) is 0.763. The van der Waals surface area contributed by atoms with Gasteiger partial charge in [-0.1, -0.05) is 6.07 Å². The van der Waals surface area contributed by atoms with Crippen molar-refractivity contribution >= 4 is 23.4 Å². The third-order valence-corrected chi connectivity index (χ3v) is 3.90. The van der Waals surface area contributed by atoms with Crippen molar-refractivity contribution in [3.63, 3.8) is 0 Å². The molecule has 16 heavy (non-hydrogen) atoms. The third kappa shape index (κ3) is 1.52. The zero-order chi connectivity index (χ0) is 11.2. The van der Waals surface area contributed by atoms with Gasteiger partial charge in [-0.05, 0) is 17.7 Å². The van der Waals surface area contributed by atoms with Gasteiger partial charge in [0, 0.05) is 4.90 Å². The lowest BCUT2D eigenvalue weighted by molar-refractivity contribution is -0.184. The summed E-state index contributed by atoms with van der Waals surface area (Å²) in [4.78, 5) is 12.3. The second kappa shape index (κ2) is 3.48. The first-order valence-electron chi connectivity index (χ1n) is 5.05. The van der Waals surface area contributed by atoms with E-state index in [1.165, 1.54) is 11.8 Å². The normalized spacial score (nSPS) is 21.9. The van der Waals surface area contributed by atoms with Crippen LogP contribution in [0.2, 0.25) is 0 Å². The van der Waals surface area contributed by atoms with Crippen LogP contribution in [0.5, 0.6) is 0 Å². The molecule has 2 aliphatic rings. The number of ether oxygens (including phenoxy) is 1. The minimum atomic E-state index is -0.873. The van der Waals surface area contributed by atoms with E-state index in [2.05, 4.69) is 5.32 Å². The standard InChI is InChI=1S/C11H11NO3S/c13-10-4-16-9-2-1-7(3-8(9)12-10)11(14)5-15-6-11/h1-3,14H,4-6H2,(H,12,13). The van der Waals surface area contributed by atoms with E-state index in [4.69, 9.17) is 4.74 Å². The highest BCUT2D eigenvalue weighted by atomic mass is 32.2. The molecule has 1 amide bonds. The molecule has 0 aromatic heterocycles. The Hall–Kier alpha value is -1.04. The molecule has 1 fully saturated rings. The highest BCUT2D eigenvalue weighted by Crippen LogP contribution is 2.37. The zero-order valence-electron chi connectivity index (χ0n) is 8.53. The van der Waals surface area contributed by atoms with Crippen molar-refractivity contribution in [1.29, 1.82) is 0 Å². The maximum absolute atomic E-state index is 11.3. The fraction of sp³-hybridized carbons (Fsp3) is 0.364. The van der Waals surface area contributed by atoms with Crippen molar-refractivity contribution in [2.45, 2.75) is 10.5 Å². The molecule has 1 aromatic rings. The molecule has 0 saturated carbocycles. The summed E-state index contributed by atoms with van der Waals surface area (Å²) in [6, 6.07) is 5.67. The van der Waals surface area contributed by atoms with E-state index in [1.54, 1.807) is 0 Å². The number of amides is 1. The minimum absolute atomic E-state index is 0.00602. The molecule has 1 saturated heterocycles. The number of benzene rings is 1. The average molecular weight is 237 g/mol. The van der Waals surface area contributed by atoms with E-state index in [9.17, 15) is 9.90 Å². The Morgan fingerprint density at radius 3 is 2.94 bits per heavy atom. The zero-order valence-corrected chi connectivity index (χ0v) is 9.34. The maximum Gasteiger partial charge on any atom is 0.234 e. The van der Waals surface area contributed by atoms with Crippen LogP contribution in [0.15, 0.2) is 23.1 Å². The Morgan fingerprint density at radius 1 is 1.44 bits per heavy atom. The number of fused-ring (bicyclic) bond motifs is 1. The second-order valence-electron chi connectivity index (χ2n) is 4.07. The summed E-state index contributed by atoms with van der Waals surface area (Å²) in [7, 11) is 0. The molecule has 2 N–H and O–H groups in total. The van der Waals surface area contributed by atoms with Gasteiger partial charge in [-0.3, -0.25) is 4.79 Å². The van der Waals surface area contributed by atoms with Crippen molar-refractivity contribution in [2.75, 3.05) is 24.3 Å². The van der Waals surface area contributed by atoms with Crippen LogP contribution in [0.4, 0.5) is 5.69 Å². The second-order valence-corrected chi connectivity index (χ2v) is 5.09. The molecule has 0 atom stereocenters. The van der Waals surface area contributed by atoms with Gasteiger partial charge >= 0.3 is 0 Å². The number of anilines is 1. The van der Waals surface area contributed by atoms with Crippen molar-refractivity contribution < 1.29 is 14.6 Å². The first kappa shape index (κ1) is 10.1. The number of carbonyl (C=O) groups excluding carboxylic acids is 1. The lowest BCUT2D eigenvalue weighted by atomic mass is 9.92. The number of nitrogens with one attached hydrogen (secondary N) is 1. The van der Waals surface area contributed by atoms with Crippen LogP contribution in [-0.2, 0) is 15.1 Å². The number of rotatable bonds is 1. The number of thioether (sulfide) groups is 1. The van der Waals surface area contributed by atoms with Gasteiger partial charge in [0.2, 0.25) is 5.91 Å². The lowest BCUT2D eigenvalue weighted by Gasteiger charge is -2.37. The first-order valence-corrected chi connectivity index (χ1v) is 6.03. The lowest BCUT2D eigenvalue weighted by Crippen LogP contribution is -2.46. The van der Waals surface area contributed by atoms with Crippen LogP contribution in [0.25, 0.3) is 0 Å².